The SMILES string of the molecule is CC[C@@H]1OCCCC=C[C@@H]2C[C@@]2(C(=O)NS(=O)(=O)C2(C)CC2)NC(=O)[C@@H]2C[C@@H](Oc3nccc4cc(OC)c(F)cc34)CN2C(=O)[C@H]1NC(=O)O. The normalized spacial score (nSPS) is 29.1. The molecule has 4 amide bonds. The van der Waals surface area contributed by atoms with Crippen LogP contribution >= 0.6 is 0 Å². The van der Waals surface area contributed by atoms with E-state index in [-0.39, 0.29) is 44.0 Å². The van der Waals surface area contributed by atoms with Gasteiger partial charge in [0.05, 0.1) is 24.5 Å². The molecule has 4 N–H and O–H groups in total. The number of nitrogens with one attached hydrogen (secondary N) is 3. The Morgan fingerprint density at radius 3 is 2.71 bits per heavy atom. The molecule has 2 aliphatic heterocycles. The van der Waals surface area contributed by atoms with E-state index >= 15 is 0 Å². The molecule has 6 atom stereocenters. The highest BCUT2D eigenvalue weighted by Crippen LogP contribution is 2.47. The van der Waals surface area contributed by atoms with Gasteiger partial charge in [0, 0.05) is 30.5 Å². The third kappa shape index (κ3) is 7.18. The van der Waals surface area contributed by atoms with Crippen molar-refractivity contribution in [3.63, 3.8) is 0 Å². The van der Waals surface area contributed by atoms with E-state index in [2.05, 4.69) is 20.3 Å². The van der Waals surface area contributed by atoms with Crippen LogP contribution in [0.5, 0.6) is 11.6 Å². The van der Waals surface area contributed by atoms with Crippen molar-refractivity contribution in [3.05, 3.63) is 42.4 Å². The Morgan fingerprint density at radius 2 is 2.02 bits per heavy atom. The zero-order valence-electron chi connectivity index (χ0n) is 28.5. The van der Waals surface area contributed by atoms with Gasteiger partial charge in [0.1, 0.15) is 23.7 Å². The predicted octanol–water partition coefficient (Wildman–Crippen LogP) is 2.39. The molecule has 0 bridgehead atoms. The second kappa shape index (κ2) is 13.9. The van der Waals surface area contributed by atoms with Crippen molar-refractivity contribution in [1.82, 2.24) is 25.2 Å². The molecule has 17 heteroatoms. The van der Waals surface area contributed by atoms with Crippen molar-refractivity contribution in [1.29, 1.82) is 0 Å². The Kier molecular flexibility index (Phi) is 9.89. The number of ether oxygens (including phenoxy) is 3. The number of hydrogen-bond acceptors (Lipinski definition) is 10. The predicted molar refractivity (Wildman–Crippen MR) is 180 cm³/mol. The van der Waals surface area contributed by atoms with Crippen LogP contribution in [-0.4, -0.2) is 102 Å². The van der Waals surface area contributed by atoms with E-state index in [0.717, 1.165) is 0 Å². The lowest BCUT2D eigenvalue weighted by molar-refractivity contribution is -0.144. The van der Waals surface area contributed by atoms with Crippen molar-refractivity contribution < 1.29 is 51.3 Å². The van der Waals surface area contributed by atoms with Crippen LogP contribution in [-0.2, 0) is 29.1 Å². The largest absolute Gasteiger partial charge is 0.494 e. The number of allylic oxidation sites excluding steroid dienone is 1. The summed E-state index contributed by atoms with van der Waals surface area (Å²) in [7, 11) is -2.70. The number of sulfonamides is 1. The molecule has 0 spiro atoms. The van der Waals surface area contributed by atoms with Gasteiger partial charge in [0.25, 0.3) is 5.91 Å². The number of carbonyl (C=O) groups is 4. The highest BCUT2D eigenvalue weighted by atomic mass is 32.2. The Hall–Kier alpha value is -4.51. The minimum Gasteiger partial charge on any atom is -0.494 e. The Labute approximate surface area is 294 Å². The molecule has 1 aromatic carbocycles. The Balaban J connectivity index is 1.34. The molecule has 0 radical (unpaired) electrons. The molecule has 51 heavy (non-hydrogen) atoms. The number of rotatable bonds is 8. The Morgan fingerprint density at radius 1 is 1.25 bits per heavy atom. The molecule has 6 rings (SSSR count). The van der Waals surface area contributed by atoms with E-state index in [9.17, 15) is 37.1 Å². The van der Waals surface area contributed by atoms with Crippen LogP contribution in [0.15, 0.2) is 36.5 Å². The number of carbonyl (C=O) groups excluding carboxylic acids is 3. The van der Waals surface area contributed by atoms with Crippen molar-refractivity contribution >= 4 is 44.6 Å². The number of carboxylic acid groups (broad SMARTS) is 1. The van der Waals surface area contributed by atoms with Crippen LogP contribution < -0.4 is 24.8 Å². The summed E-state index contributed by atoms with van der Waals surface area (Å²) in [6.07, 6.45) is 3.94. The lowest BCUT2D eigenvalue weighted by Crippen LogP contribution is -2.60. The quantitative estimate of drug-likeness (QED) is 0.291. The van der Waals surface area contributed by atoms with Gasteiger partial charge in [0.15, 0.2) is 11.6 Å². The van der Waals surface area contributed by atoms with Crippen LogP contribution in [0.2, 0.25) is 0 Å². The smallest absolute Gasteiger partial charge is 0.405 e. The second-order valence-electron chi connectivity index (χ2n) is 13.8. The maximum Gasteiger partial charge on any atom is 0.405 e. The number of fused-ring (bicyclic) bond motifs is 3. The van der Waals surface area contributed by atoms with E-state index < -0.39 is 80.2 Å². The summed E-state index contributed by atoms with van der Waals surface area (Å²) < 4.78 is 59.3. The van der Waals surface area contributed by atoms with Crippen LogP contribution in [0.3, 0.4) is 0 Å². The second-order valence-corrected chi connectivity index (χ2v) is 16.0. The first-order valence-electron chi connectivity index (χ1n) is 17.0. The molecule has 15 nitrogen and oxygen atoms in total. The molecule has 2 aliphatic carbocycles. The van der Waals surface area contributed by atoms with E-state index in [1.54, 1.807) is 26.0 Å². The van der Waals surface area contributed by atoms with E-state index in [4.69, 9.17) is 14.2 Å². The van der Waals surface area contributed by atoms with Gasteiger partial charge in [-0.1, -0.05) is 19.1 Å². The minimum absolute atomic E-state index is 0.0172. The minimum atomic E-state index is -4.03. The average Bonchev–Trinajstić information content (AvgIpc) is 3.96. The summed E-state index contributed by atoms with van der Waals surface area (Å²) in [5.74, 6) is -3.50. The van der Waals surface area contributed by atoms with Crippen molar-refractivity contribution in [2.75, 3.05) is 20.3 Å². The van der Waals surface area contributed by atoms with E-state index in [1.165, 1.54) is 30.3 Å². The third-order valence-electron chi connectivity index (χ3n) is 10.3. The number of benzene rings is 1. The number of halogens is 1. The Bertz CT molecular complexity index is 1870. The average molecular weight is 732 g/mol. The summed E-state index contributed by atoms with van der Waals surface area (Å²) >= 11 is 0. The van der Waals surface area contributed by atoms with Crippen LogP contribution in [0, 0.1) is 11.7 Å². The zero-order chi connectivity index (χ0) is 36.7. The molecule has 1 aromatic heterocycles. The van der Waals surface area contributed by atoms with Gasteiger partial charge in [-0.3, -0.25) is 19.1 Å². The molecule has 4 aliphatic rings. The third-order valence-corrected chi connectivity index (χ3v) is 12.4. The number of hydrogen-bond donors (Lipinski definition) is 4. The number of methoxy groups -OCH3 is 1. The molecule has 3 fully saturated rings. The van der Waals surface area contributed by atoms with Crippen molar-refractivity contribution in [2.45, 2.75) is 93.4 Å². The first-order chi connectivity index (χ1) is 24.2. The molecular weight excluding hydrogens is 689 g/mol. The molecule has 2 aromatic rings. The molecule has 3 heterocycles. The fourth-order valence-corrected chi connectivity index (χ4v) is 8.08. The maximum atomic E-state index is 14.7. The van der Waals surface area contributed by atoms with Crippen LogP contribution in [0.25, 0.3) is 10.8 Å². The van der Waals surface area contributed by atoms with Gasteiger partial charge in [0.2, 0.25) is 27.7 Å². The summed E-state index contributed by atoms with van der Waals surface area (Å²) in [4.78, 5) is 59.6. The monoisotopic (exact) mass is 731 g/mol. The summed E-state index contributed by atoms with van der Waals surface area (Å²) in [6.45, 7) is 3.29. The van der Waals surface area contributed by atoms with Gasteiger partial charge < -0.3 is 34.9 Å². The lowest BCUT2D eigenvalue weighted by Gasteiger charge is -2.32. The molecular formula is C34H42FN5O10S. The first kappa shape index (κ1) is 36.3. The lowest BCUT2D eigenvalue weighted by atomic mass is 10.1. The van der Waals surface area contributed by atoms with Gasteiger partial charge >= 0.3 is 6.09 Å². The standard InChI is InChI=1S/C34H42FN5O10S/c1-4-25-27(37-32(44)45)30(42)40-18-21(50-29-22-16-23(35)26(48-3)14-19(22)9-12-36-29)15-24(40)28(41)38-34(17-20(34)8-6-5-7-13-49-25)31(43)39-51(46,47)33(2)10-11-33/h6,8-9,12,14,16,20-21,24-25,27,37H,4-5,7,10-11,13,15,17-18H2,1-3H3,(H,38,41)(H,39,43)(H,44,45)/t20-,21-,24+,25+,27+,34-/m1/s1. The highest BCUT2D eigenvalue weighted by Gasteiger charge is 2.63. The van der Waals surface area contributed by atoms with Crippen LogP contribution in [0.4, 0.5) is 9.18 Å². The highest BCUT2D eigenvalue weighted by molar-refractivity contribution is 7.91. The van der Waals surface area contributed by atoms with Crippen molar-refractivity contribution in [2.24, 2.45) is 5.92 Å². The fraction of sp³-hybridized carbons (Fsp3) is 0.559. The van der Waals surface area contributed by atoms with E-state index in [1.807, 2.05) is 6.08 Å². The number of amides is 4. The molecule has 2 saturated carbocycles. The summed E-state index contributed by atoms with van der Waals surface area (Å²) in [6, 6.07) is 1.66. The number of pyridine rings is 1. The van der Waals surface area contributed by atoms with Gasteiger partial charge in [-0.05, 0) is 69.0 Å². The van der Waals surface area contributed by atoms with Gasteiger partial charge in [-0.15, -0.1) is 0 Å². The maximum absolute atomic E-state index is 14.7. The van der Waals surface area contributed by atoms with Crippen molar-refractivity contribution in [3.8, 4) is 11.6 Å². The number of nitrogens with zero attached hydrogens (tertiary/aromatic N) is 2. The van der Waals surface area contributed by atoms with Crippen LogP contribution in [0.1, 0.15) is 58.8 Å². The van der Waals surface area contributed by atoms with E-state index in [0.29, 0.717) is 36.5 Å². The molecule has 1 saturated heterocycles. The van der Waals surface area contributed by atoms with Gasteiger partial charge in [-0.25, -0.2) is 22.6 Å². The van der Waals surface area contributed by atoms with Gasteiger partial charge in [-0.2, -0.15) is 0 Å². The topological polar surface area (TPSA) is 203 Å². The fourth-order valence-electron chi connectivity index (χ4n) is 6.77. The summed E-state index contributed by atoms with van der Waals surface area (Å²) in [5.41, 5.74) is -1.60. The zero-order valence-corrected chi connectivity index (χ0v) is 29.3. The molecule has 276 valence electrons. The summed E-state index contributed by atoms with van der Waals surface area (Å²) in [5, 5.41) is 15.6. The molecule has 0 unspecified atom stereocenters. The number of aromatic nitrogens is 1. The first-order valence-corrected chi connectivity index (χ1v) is 18.5.